The van der Waals surface area contributed by atoms with Crippen LogP contribution in [0.5, 0.6) is 5.75 Å². The first-order valence-electron chi connectivity index (χ1n) is 10.3. The Bertz CT molecular complexity index is 1160. The van der Waals surface area contributed by atoms with Gasteiger partial charge in [-0.15, -0.1) is 10.2 Å². The molecular weight excluding hydrogens is 432 g/mol. The number of anilines is 1. The number of para-hydroxylation sites is 1. The molecule has 1 atom stereocenters. The lowest BCUT2D eigenvalue weighted by molar-refractivity contribution is -0.114. The molecule has 4 rings (SSSR count). The van der Waals surface area contributed by atoms with Crippen molar-refractivity contribution in [2.45, 2.75) is 37.2 Å². The number of nitrogens with zero attached hydrogens (tertiary/aromatic N) is 3. The van der Waals surface area contributed by atoms with E-state index in [0.29, 0.717) is 36.2 Å². The van der Waals surface area contributed by atoms with Gasteiger partial charge >= 0.3 is 0 Å². The van der Waals surface area contributed by atoms with Crippen LogP contribution in [0, 0.1) is 0 Å². The van der Waals surface area contributed by atoms with Gasteiger partial charge in [-0.3, -0.25) is 4.79 Å². The highest BCUT2D eigenvalue weighted by Crippen LogP contribution is 2.30. The summed E-state index contributed by atoms with van der Waals surface area (Å²) in [7, 11) is -3.68. The van der Waals surface area contributed by atoms with Gasteiger partial charge in [-0.05, 0) is 49.2 Å². The lowest BCUT2D eigenvalue weighted by Gasteiger charge is -2.30. The van der Waals surface area contributed by atoms with Crippen molar-refractivity contribution < 1.29 is 22.4 Å². The molecule has 1 fully saturated rings. The molecule has 168 valence electrons. The summed E-state index contributed by atoms with van der Waals surface area (Å²) in [6.07, 6.45) is 1.45. The zero-order valence-corrected chi connectivity index (χ0v) is 18.4. The van der Waals surface area contributed by atoms with Crippen molar-refractivity contribution in [1.82, 2.24) is 14.5 Å². The van der Waals surface area contributed by atoms with Crippen molar-refractivity contribution in [1.29, 1.82) is 0 Å². The maximum atomic E-state index is 13.1. The van der Waals surface area contributed by atoms with Gasteiger partial charge in [0.15, 0.2) is 6.61 Å². The average molecular weight is 457 g/mol. The van der Waals surface area contributed by atoms with Crippen molar-refractivity contribution in [3.05, 3.63) is 66.4 Å². The van der Waals surface area contributed by atoms with Crippen LogP contribution in [0.4, 0.5) is 5.69 Å². The van der Waals surface area contributed by atoms with Gasteiger partial charge in [-0.25, -0.2) is 8.42 Å². The highest BCUT2D eigenvalue weighted by Gasteiger charge is 2.33. The normalized spacial score (nSPS) is 17.1. The SMILES string of the molecule is CC(=O)Nc1ccc(S(=O)(=O)N2CCCC(c3nnc(COc4ccccc4)o3)C2)cc1. The molecule has 3 aromatic rings. The molecule has 0 radical (unpaired) electrons. The van der Waals surface area contributed by atoms with E-state index in [2.05, 4.69) is 15.5 Å². The minimum Gasteiger partial charge on any atom is -0.484 e. The monoisotopic (exact) mass is 456 g/mol. The largest absolute Gasteiger partial charge is 0.484 e. The topological polar surface area (TPSA) is 115 Å². The van der Waals surface area contributed by atoms with Gasteiger partial charge in [-0.2, -0.15) is 4.31 Å². The van der Waals surface area contributed by atoms with Crippen LogP contribution in [0.2, 0.25) is 0 Å². The number of aromatic nitrogens is 2. The first-order chi connectivity index (χ1) is 15.4. The number of rotatable bonds is 7. The molecule has 2 aromatic carbocycles. The summed E-state index contributed by atoms with van der Waals surface area (Å²) >= 11 is 0. The summed E-state index contributed by atoms with van der Waals surface area (Å²) in [6.45, 7) is 2.23. The number of benzene rings is 2. The molecule has 0 spiro atoms. The number of hydrogen-bond donors (Lipinski definition) is 1. The molecular formula is C22H24N4O5S. The fourth-order valence-electron chi connectivity index (χ4n) is 3.58. The second-order valence-electron chi connectivity index (χ2n) is 7.54. The molecule has 1 N–H and O–H groups in total. The highest BCUT2D eigenvalue weighted by molar-refractivity contribution is 7.89. The Labute approximate surface area is 186 Å². The number of hydrogen-bond acceptors (Lipinski definition) is 7. The van der Waals surface area contributed by atoms with Gasteiger partial charge in [0, 0.05) is 25.7 Å². The molecule has 32 heavy (non-hydrogen) atoms. The van der Waals surface area contributed by atoms with Crippen LogP contribution >= 0.6 is 0 Å². The number of amides is 1. The molecule has 1 saturated heterocycles. The van der Waals surface area contributed by atoms with E-state index in [1.54, 1.807) is 12.1 Å². The van der Waals surface area contributed by atoms with Crippen molar-refractivity contribution in [2.75, 3.05) is 18.4 Å². The van der Waals surface area contributed by atoms with E-state index in [9.17, 15) is 13.2 Å². The first kappa shape index (κ1) is 22.0. The van der Waals surface area contributed by atoms with E-state index in [-0.39, 0.29) is 29.9 Å². The third kappa shape index (κ3) is 5.14. The molecule has 1 aromatic heterocycles. The maximum Gasteiger partial charge on any atom is 0.253 e. The third-order valence-electron chi connectivity index (χ3n) is 5.13. The Kier molecular flexibility index (Phi) is 6.52. The van der Waals surface area contributed by atoms with Crippen LogP contribution in [-0.2, 0) is 21.4 Å². The van der Waals surface area contributed by atoms with Gasteiger partial charge in [0.1, 0.15) is 5.75 Å². The van der Waals surface area contributed by atoms with Crippen molar-refractivity contribution in [2.24, 2.45) is 0 Å². The molecule has 0 aliphatic carbocycles. The van der Waals surface area contributed by atoms with E-state index in [4.69, 9.17) is 9.15 Å². The van der Waals surface area contributed by atoms with Crippen molar-refractivity contribution >= 4 is 21.6 Å². The Morgan fingerprint density at radius 1 is 1.16 bits per heavy atom. The van der Waals surface area contributed by atoms with Gasteiger partial charge in [0.25, 0.3) is 5.89 Å². The zero-order chi connectivity index (χ0) is 22.6. The maximum absolute atomic E-state index is 13.1. The number of carbonyl (C=O) groups is 1. The van der Waals surface area contributed by atoms with E-state index in [0.717, 1.165) is 6.42 Å². The first-order valence-corrected chi connectivity index (χ1v) is 11.7. The smallest absolute Gasteiger partial charge is 0.253 e. The van der Waals surface area contributed by atoms with Crippen molar-refractivity contribution in [3.63, 3.8) is 0 Å². The summed E-state index contributed by atoms with van der Waals surface area (Å²) < 4.78 is 39.1. The number of ether oxygens (including phenoxy) is 1. The van der Waals surface area contributed by atoms with Gasteiger partial charge < -0.3 is 14.5 Å². The van der Waals surface area contributed by atoms with Crippen LogP contribution < -0.4 is 10.1 Å². The second kappa shape index (κ2) is 9.49. The lowest BCUT2D eigenvalue weighted by Crippen LogP contribution is -2.39. The summed E-state index contributed by atoms with van der Waals surface area (Å²) in [4.78, 5) is 11.3. The van der Waals surface area contributed by atoms with Gasteiger partial charge in [0.05, 0.1) is 10.8 Å². The molecule has 1 amide bonds. The summed E-state index contributed by atoms with van der Waals surface area (Å²) in [6, 6.07) is 15.5. The summed E-state index contributed by atoms with van der Waals surface area (Å²) in [5.41, 5.74) is 0.545. The zero-order valence-electron chi connectivity index (χ0n) is 17.6. The Morgan fingerprint density at radius 3 is 2.62 bits per heavy atom. The van der Waals surface area contributed by atoms with Crippen LogP contribution in [0.3, 0.4) is 0 Å². The molecule has 0 saturated carbocycles. The molecule has 0 bridgehead atoms. The second-order valence-corrected chi connectivity index (χ2v) is 9.48. The minimum absolute atomic E-state index is 0.145. The molecule has 2 heterocycles. The standard InChI is InChI=1S/C22H24N4O5S/c1-16(27)23-18-9-11-20(12-10-18)32(28,29)26-13-5-6-17(14-26)22-25-24-21(31-22)15-30-19-7-3-2-4-8-19/h2-4,7-12,17H,5-6,13-15H2,1H3,(H,23,27). The fourth-order valence-corrected chi connectivity index (χ4v) is 5.10. The Morgan fingerprint density at radius 2 is 1.91 bits per heavy atom. The van der Waals surface area contributed by atoms with E-state index in [1.165, 1.54) is 23.4 Å². The predicted molar refractivity (Wildman–Crippen MR) is 117 cm³/mol. The van der Waals surface area contributed by atoms with Gasteiger partial charge in [-0.1, -0.05) is 18.2 Å². The Hall–Kier alpha value is -3.24. The van der Waals surface area contributed by atoms with Crippen LogP contribution in [0.25, 0.3) is 0 Å². The molecule has 9 nitrogen and oxygen atoms in total. The van der Waals surface area contributed by atoms with Gasteiger partial charge in [0.2, 0.25) is 21.8 Å². The Balaban J connectivity index is 1.41. The third-order valence-corrected chi connectivity index (χ3v) is 7.01. The van der Waals surface area contributed by atoms with Crippen LogP contribution in [-0.4, -0.2) is 41.9 Å². The number of sulfonamides is 1. The molecule has 10 heteroatoms. The van der Waals surface area contributed by atoms with Crippen LogP contribution in [0.15, 0.2) is 63.9 Å². The number of nitrogens with one attached hydrogen (secondary N) is 1. The number of piperidine rings is 1. The van der Waals surface area contributed by atoms with E-state index >= 15 is 0 Å². The molecule has 1 aliphatic rings. The lowest BCUT2D eigenvalue weighted by atomic mass is 10.00. The highest BCUT2D eigenvalue weighted by atomic mass is 32.2. The fraction of sp³-hybridized carbons (Fsp3) is 0.318. The summed E-state index contributed by atoms with van der Waals surface area (Å²) in [5.74, 6) is 1.06. The van der Waals surface area contributed by atoms with E-state index < -0.39 is 10.0 Å². The summed E-state index contributed by atoms with van der Waals surface area (Å²) in [5, 5.41) is 10.8. The number of carbonyl (C=O) groups excluding carboxylic acids is 1. The van der Waals surface area contributed by atoms with Crippen LogP contribution in [0.1, 0.15) is 37.5 Å². The minimum atomic E-state index is -3.68. The molecule has 1 unspecified atom stereocenters. The quantitative estimate of drug-likeness (QED) is 0.581. The average Bonchev–Trinajstić information content (AvgIpc) is 3.28. The molecule has 1 aliphatic heterocycles. The predicted octanol–water partition coefficient (Wildman–Crippen LogP) is 3.18. The van der Waals surface area contributed by atoms with E-state index in [1.807, 2.05) is 30.3 Å². The van der Waals surface area contributed by atoms with Crippen molar-refractivity contribution in [3.8, 4) is 5.75 Å².